The summed E-state index contributed by atoms with van der Waals surface area (Å²) in [5.41, 5.74) is 5.46. The Morgan fingerprint density at radius 2 is 1.86 bits per heavy atom. The Morgan fingerprint density at radius 1 is 1.36 bits per heavy atom. The molecule has 84 valence electrons. The molecule has 0 aromatic heterocycles. The molecule has 2 atom stereocenters. The molecule has 0 aromatic carbocycles. The van der Waals surface area contributed by atoms with Gasteiger partial charge in [-0.05, 0) is 26.8 Å². The standard InChI is InChI=1S/C10H23N3O/c1-7(2)9(4)13(5)8(3)6-10(11)12-14/h7-9,14H,6H2,1-5H3,(H2,11,12). The quantitative estimate of drug-likeness (QED) is 0.306. The Bertz CT molecular complexity index is 192. The van der Waals surface area contributed by atoms with Gasteiger partial charge >= 0.3 is 0 Å². The van der Waals surface area contributed by atoms with Crippen LogP contribution in [0, 0.1) is 5.92 Å². The van der Waals surface area contributed by atoms with Gasteiger partial charge in [0.05, 0.1) is 0 Å². The fraction of sp³-hybridized carbons (Fsp3) is 0.900. The maximum atomic E-state index is 8.46. The van der Waals surface area contributed by atoms with Crippen molar-refractivity contribution < 1.29 is 5.21 Å². The van der Waals surface area contributed by atoms with Crippen molar-refractivity contribution in [1.82, 2.24) is 4.90 Å². The summed E-state index contributed by atoms with van der Waals surface area (Å²) in [6, 6.07) is 0.791. The van der Waals surface area contributed by atoms with Crippen LogP contribution in [-0.2, 0) is 0 Å². The molecule has 4 heteroatoms. The van der Waals surface area contributed by atoms with Crippen molar-refractivity contribution in [3.05, 3.63) is 0 Å². The van der Waals surface area contributed by atoms with Crippen LogP contribution < -0.4 is 5.73 Å². The average molecular weight is 201 g/mol. The summed E-state index contributed by atoms with van der Waals surface area (Å²) >= 11 is 0. The van der Waals surface area contributed by atoms with Crippen LogP contribution in [-0.4, -0.2) is 35.1 Å². The molecule has 0 aromatic rings. The molecule has 3 N–H and O–H groups in total. The number of rotatable bonds is 5. The fourth-order valence-corrected chi connectivity index (χ4v) is 1.36. The van der Waals surface area contributed by atoms with Gasteiger partial charge in [0.1, 0.15) is 5.84 Å². The van der Waals surface area contributed by atoms with E-state index in [4.69, 9.17) is 10.9 Å². The summed E-state index contributed by atoms with van der Waals surface area (Å²) in [6.07, 6.45) is 0.601. The van der Waals surface area contributed by atoms with Crippen LogP contribution in [0.3, 0.4) is 0 Å². The van der Waals surface area contributed by atoms with Gasteiger partial charge in [0.25, 0.3) is 0 Å². The highest BCUT2D eigenvalue weighted by atomic mass is 16.4. The van der Waals surface area contributed by atoms with Gasteiger partial charge in [-0.25, -0.2) is 0 Å². The fourth-order valence-electron chi connectivity index (χ4n) is 1.36. The number of oxime groups is 1. The van der Waals surface area contributed by atoms with Crippen LogP contribution in [0.15, 0.2) is 5.16 Å². The predicted octanol–water partition coefficient (Wildman–Crippen LogP) is 1.49. The average Bonchev–Trinajstić information content (AvgIpc) is 2.14. The van der Waals surface area contributed by atoms with Crippen molar-refractivity contribution in [3.63, 3.8) is 0 Å². The summed E-state index contributed by atoms with van der Waals surface area (Å²) in [7, 11) is 2.07. The second-order valence-corrected chi connectivity index (χ2v) is 4.29. The van der Waals surface area contributed by atoms with E-state index in [1.807, 2.05) is 0 Å². The molecule has 0 amide bonds. The van der Waals surface area contributed by atoms with Crippen molar-refractivity contribution in [2.75, 3.05) is 7.05 Å². The molecule has 0 aliphatic heterocycles. The Kier molecular flexibility index (Phi) is 5.53. The van der Waals surface area contributed by atoms with Gasteiger partial charge in [-0.1, -0.05) is 19.0 Å². The van der Waals surface area contributed by atoms with Gasteiger partial charge < -0.3 is 15.8 Å². The van der Waals surface area contributed by atoms with Crippen molar-refractivity contribution in [3.8, 4) is 0 Å². The molecule has 0 saturated carbocycles. The molecule has 0 rings (SSSR count). The normalized spacial score (nSPS) is 17.5. The predicted molar refractivity (Wildman–Crippen MR) is 59.6 cm³/mol. The third-order valence-electron chi connectivity index (χ3n) is 2.94. The second-order valence-electron chi connectivity index (χ2n) is 4.29. The summed E-state index contributed by atoms with van der Waals surface area (Å²) < 4.78 is 0. The van der Waals surface area contributed by atoms with E-state index in [1.54, 1.807) is 0 Å². The van der Waals surface area contributed by atoms with E-state index in [0.717, 1.165) is 0 Å². The number of nitrogens with zero attached hydrogens (tertiary/aromatic N) is 2. The Morgan fingerprint density at radius 3 is 2.21 bits per heavy atom. The highest BCUT2D eigenvalue weighted by Crippen LogP contribution is 2.12. The summed E-state index contributed by atoms with van der Waals surface area (Å²) in [6.45, 7) is 8.65. The van der Waals surface area contributed by atoms with E-state index in [0.29, 0.717) is 30.3 Å². The second kappa shape index (κ2) is 5.86. The smallest absolute Gasteiger partial charge is 0.140 e. The third kappa shape index (κ3) is 3.96. The first-order valence-electron chi connectivity index (χ1n) is 5.08. The molecule has 0 aliphatic rings. The number of hydrogen-bond acceptors (Lipinski definition) is 3. The number of amidine groups is 1. The molecule has 0 saturated heterocycles. The van der Waals surface area contributed by atoms with Gasteiger partial charge in [-0.2, -0.15) is 0 Å². The van der Waals surface area contributed by atoms with E-state index in [-0.39, 0.29) is 0 Å². The molecular formula is C10H23N3O. The maximum absolute atomic E-state index is 8.46. The maximum Gasteiger partial charge on any atom is 0.140 e. The summed E-state index contributed by atoms with van der Waals surface area (Å²) in [5, 5.41) is 11.4. The minimum absolute atomic E-state index is 0.292. The first-order chi connectivity index (χ1) is 6.40. The molecule has 4 nitrogen and oxygen atoms in total. The SMILES string of the molecule is CC(C)C(C)N(C)C(C)CC(N)=NO. The van der Waals surface area contributed by atoms with Gasteiger partial charge in [0, 0.05) is 18.5 Å². The minimum atomic E-state index is 0.292. The largest absolute Gasteiger partial charge is 0.409 e. The van der Waals surface area contributed by atoms with E-state index in [9.17, 15) is 0 Å². The monoisotopic (exact) mass is 201 g/mol. The van der Waals surface area contributed by atoms with Gasteiger partial charge in [0.2, 0.25) is 0 Å². The lowest BCUT2D eigenvalue weighted by atomic mass is 10.0. The van der Waals surface area contributed by atoms with E-state index < -0.39 is 0 Å². The topological polar surface area (TPSA) is 61.8 Å². The van der Waals surface area contributed by atoms with Crippen LogP contribution in [0.2, 0.25) is 0 Å². The zero-order chi connectivity index (χ0) is 11.3. The van der Waals surface area contributed by atoms with Crippen molar-refractivity contribution in [1.29, 1.82) is 0 Å². The molecule has 0 radical (unpaired) electrons. The van der Waals surface area contributed by atoms with Crippen LogP contribution in [0.25, 0.3) is 0 Å². The zero-order valence-electron chi connectivity index (χ0n) is 9.86. The molecule has 0 aliphatic carbocycles. The van der Waals surface area contributed by atoms with Crippen LogP contribution >= 0.6 is 0 Å². The lowest BCUT2D eigenvalue weighted by molar-refractivity contribution is 0.160. The lowest BCUT2D eigenvalue weighted by Crippen LogP contribution is -2.41. The number of nitrogens with two attached hydrogens (primary N) is 1. The summed E-state index contributed by atoms with van der Waals surface area (Å²) in [5.74, 6) is 0.898. The Hall–Kier alpha value is -0.770. The molecule has 0 heterocycles. The van der Waals surface area contributed by atoms with Crippen molar-refractivity contribution >= 4 is 5.84 Å². The molecule has 14 heavy (non-hydrogen) atoms. The molecular weight excluding hydrogens is 178 g/mol. The highest BCUT2D eigenvalue weighted by molar-refractivity contribution is 5.80. The van der Waals surface area contributed by atoms with Crippen LogP contribution in [0.5, 0.6) is 0 Å². The first-order valence-corrected chi connectivity index (χ1v) is 5.08. The third-order valence-corrected chi connectivity index (χ3v) is 2.94. The Labute approximate surface area is 86.8 Å². The molecule has 0 spiro atoms. The van der Waals surface area contributed by atoms with E-state index in [2.05, 4.69) is 44.8 Å². The van der Waals surface area contributed by atoms with E-state index >= 15 is 0 Å². The molecule has 0 fully saturated rings. The number of hydrogen-bond donors (Lipinski definition) is 2. The van der Waals surface area contributed by atoms with Gasteiger partial charge in [-0.3, -0.25) is 0 Å². The van der Waals surface area contributed by atoms with Crippen LogP contribution in [0.4, 0.5) is 0 Å². The summed E-state index contributed by atoms with van der Waals surface area (Å²) in [4.78, 5) is 2.25. The highest BCUT2D eigenvalue weighted by Gasteiger charge is 2.19. The van der Waals surface area contributed by atoms with Crippen molar-refractivity contribution in [2.24, 2.45) is 16.8 Å². The lowest BCUT2D eigenvalue weighted by Gasteiger charge is -2.33. The van der Waals surface area contributed by atoms with E-state index in [1.165, 1.54) is 0 Å². The van der Waals surface area contributed by atoms with Gasteiger partial charge in [-0.15, -0.1) is 0 Å². The van der Waals surface area contributed by atoms with Crippen LogP contribution in [0.1, 0.15) is 34.1 Å². The molecule has 2 unspecified atom stereocenters. The van der Waals surface area contributed by atoms with Gasteiger partial charge in [0.15, 0.2) is 0 Å². The van der Waals surface area contributed by atoms with Crippen molar-refractivity contribution in [2.45, 2.75) is 46.2 Å². The minimum Gasteiger partial charge on any atom is -0.409 e. The Balaban J connectivity index is 4.18. The first kappa shape index (κ1) is 13.2. The molecule has 0 bridgehead atoms. The zero-order valence-corrected chi connectivity index (χ0v) is 9.86.